The van der Waals surface area contributed by atoms with Crippen molar-refractivity contribution in [2.24, 2.45) is 0 Å². The molecule has 0 aliphatic carbocycles. The number of hydrogen-bond acceptors (Lipinski definition) is 2. The van der Waals surface area contributed by atoms with Crippen LogP contribution in [0.15, 0.2) is 84.9 Å². The minimum absolute atomic E-state index is 0.682. The molecule has 5 aromatic rings. The number of nitriles is 1. The molecule has 0 N–H and O–H groups in total. The second-order valence-corrected chi connectivity index (χ2v) is 7.58. The molecule has 0 aliphatic rings. The number of rotatable bonds is 6. The van der Waals surface area contributed by atoms with E-state index in [9.17, 15) is 0 Å². The summed E-state index contributed by atoms with van der Waals surface area (Å²) in [6, 6.07) is 31.2. The molecule has 1 aromatic heterocycles. The summed E-state index contributed by atoms with van der Waals surface area (Å²) in [6.07, 6.45) is 2.05. The highest BCUT2D eigenvalue weighted by Crippen LogP contribution is 2.29. The van der Waals surface area contributed by atoms with Crippen molar-refractivity contribution in [1.82, 2.24) is 4.57 Å². The van der Waals surface area contributed by atoms with E-state index in [0.29, 0.717) is 12.2 Å². The van der Waals surface area contributed by atoms with Crippen molar-refractivity contribution >= 4 is 32.6 Å². The Kier molecular flexibility index (Phi) is 4.83. The minimum Gasteiger partial charge on any atom is -0.494 e. The summed E-state index contributed by atoms with van der Waals surface area (Å²) in [6.45, 7) is 1.67. The van der Waals surface area contributed by atoms with Crippen LogP contribution >= 0.6 is 0 Å². The van der Waals surface area contributed by atoms with Crippen LogP contribution in [0.1, 0.15) is 18.4 Å². The zero-order valence-electron chi connectivity index (χ0n) is 16.7. The highest BCUT2D eigenvalue weighted by atomic mass is 16.5. The lowest BCUT2D eigenvalue weighted by atomic mass is 10.1. The molecule has 0 bridgehead atoms. The number of nitrogens with zero attached hydrogens (tertiary/aromatic N) is 2. The normalized spacial score (nSPS) is 11.2. The van der Waals surface area contributed by atoms with Gasteiger partial charge in [0.25, 0.3) is 0 Å². The molecule has 146 valence electrons. The fraction of sp³-hybridized carbons (Fsp3) is 0.148. The third-order valence-corrected chi connectivity index (χ3v) is 5.67. The Morgan fingerprint density at radius 3 is 2.13 bits per heavy atom. The quantitative estimate of drug-likeness (QED) is 0.303. The van der Waals surface area contributed by atoms with E-state index >= 15 is 0 Å². The second kappa shape index (κ2) is 7.93. The van der Waals surface area contributed by atoms with Crippen molar-refractivity contribution in [2.45, 2.75) is 19.4 Å². The van der Waals surface area contributed by atoms with Crippen LogP contribution in [0.2, 0.25) is 0 Å². The van der Waals surface area contributed by atoms with Crippen LogP contribution in [0.25, 0.3) is 32.6 Å². The molecule has 3 nitrogen and oxygen atoms in total. The highest BCUT2D eigenvalue weighted by molar-refractivity contribution is 6.07. The van der Waals surface area contributed by atoms with Crippen LogP contribution in [-0.4, -0.2) is 11.2 Å². The molecule has 0 atom stereocenters. The standard InChI is InChI=1S/C27H22N2O/c28-19-20-11-12-22-18-23(14-13-21(22)17-20)30-16-6-5-15-29-26-9-3-1-7-24(26)25-8-2-4-10-27(25)29/h1-4,7-14,17-18H,5-6,15-16H2. The van der Waals surface area contributed by atoms with Gasteiger partial charge < -0.3 is 9.30 Å². The first-order valence-electron chi connectivity index (χ1n) is 10.4. The Bertz CT molecular complexity index is 1340. The fourth-order valence-electron chi connectivity index (χ4n) is 4.19. The number of unbranched alkanes of at least 4 members (excludes halogenated alkanes) is 1. The molecular formula is C27H22N2O. The van der Waals surface area contributed by atoms with Crippen molar-refractivity contribution in [3.63, 3.8) is 0 Å². The summed E-state index contributed by atoms with van der Waals surface area (Å²) < 4.78 is 8.41. The molecule has 0 radical (unpaired) electrons. The molecule has 4 aromatic carbocycles. The first-order chi connectivity index (χ1) is 14.8. The molecule has 5 rings (SSSR count). The first-order valence-corrected chi connectivity index (χ1v) is 10.4. The zero-order valence-corrected chi connectivity index (χ0v) is 16.7. The summed E-state index contributed by atoms with van der Waals surface area (Å²) in [5, 5.41) is 13.8. The number of para-hydroxylation sites is 2. The van der Waals surface area contributed by atoms with Crippen molar-refractivity contribution in [2.75, 3.05) is 6.61 Å². The van der Waals surface area contributed by atoms with E-state index in [2.05, 4.69) is 59.2 Å². The van der Waals surface area contributed by atoms with Crippen LogP contribution in [-0.2, 0) is 6.54 Å². The summed E-state index contributed by atoms with van der Waals surface area (Å²) in [5.41, 5.74) is 3.28. The van der Waals surface area contributed by atoms with Gasteiger partial charge in [-0.25, -0.2) is 0 Å². The number of aryl methyl sites for hydroxylation is 1. The van der Waals surface area contributed by atoms with Crippen LogP contribution in [0.4, 0.5) is 0 Å². The smallest absolute Gasteiger partial charge is 0.119 e. The largest absolute Gasteiger partial charge is 0.494 e. The summed E-state index contributed by atoms with van der Waals surface area (Å²) in [5.74, 6) is 0.879. The highest BCUT2D eigenvalue weighted by Gasteiger charge is 2.09. The number of ether oxygens (including phenoxy) is 1. The van der Waals surface area contributed by atoms with Gasteiger partial charge in [-0.05, 0) is 60.0 Å². The molecular weight excluding hydrogens is 368 g/mol. The van der Waals surface area contributed by atoms with Gasteiger partial charge in [0.15, 0.2) is 0 Å². The van der Waals surface area contributed by atoms with Gasteiger partial charge in [-0.3, -0.25) is 0 Å². The minimum atomic E-state index is 0.682. The Morgan fingerprint density at radius 1 is 0.733 bits per heavy atom. The van der Waals surface area contributed by atoms with Gasteiger partial charge >= 0.3 is 0 Å². The predicted octanol–water partition coefficient (Wildman–Crippen LogP) is 6.68. The maximum absolute atomic E-state index is 9.03. The Hall–Kier alpha value is -3.77. The van der Waals surface area contributed by atoms with E-state index in [0.717, 1.165) is 35.9 Å². The van der Waals surface area contributed by atoms with Gasteiger partial charge in [-0.1, -0.05) is 48.5 Å². The molecule has 0 amide bonds. The van der Waals surface area contributed by atoms with Crippen molar-refractivity contribution in [3.05, 3.63) is 90.5 Å². The van der Waals surface area contributed by atoms with Gasteiger partial charge in [0.2, 0.25) is 0 Å². The van der Waals surface area contributed by atoms with Gasteiger partial charge in [0.1, 0.15) is 5.75 Å². The lowest BCUT2D eigenvalue weighted by Gasteiger charge is -2.09. The number of hydrogen-bond donors (Lipinski definition) is 0. The van der Waals surface area contributed by atoms with E-state index in [4.69, 9.17) is 10.00 Å². The van der Waals surface area contributed by atoms with E-state index in [-0.39, 0.29) is 0 Å². The maximum atomic E-state index is 9.03. The maximum Gasteiger partial charge on any atom is 0.119 e. The zero-order chi connectivity index (χ0) is 20.3. The van der Waals surface area contributed by atoms with Gasteiger partial charge in [-0.15, -0.1) is 0 Å². The van der Waals surface area contributed by atoms with E-state index in [1.807, 2.05) is 36.4 Å². The Morgan fingerprint density at radius 2 is 1.40 bits per heavy atom. The van der Waals surface area contributed by atoms with Gasteiger partial charge in [0.05, 0.1) is 18.2 Å². The van der Waals surface area contributed by atoms with Crippen molar-refractivity contribution in [1.29, 1.82) is 5.26 Å². The molecule has 0 spiro atoms. The van der Waals surface area contributed by atoms with E-state index < -0.39 is 0 Å². The van der Waals surface area contributed by atoms with Crippen molar-refractivity contribution in [3.8, 4) is 11.8 Å². The number of fused-ring (bicyclic) bond motifs is 4. The van der Waals surface area contributed by atoms with E-state index in [1.54, 1.807) is 0 Å². The first kappa shape index (κ1) is 18.3. The molecule has 30 heavy (non-hydrogen) atoms. The third kappa shape index (κ3) is 3.38. The fourth-order valence-corrected chi connectivity index (χ4v) is 4.19. The number of benzene rings is 4. The molecule has 1 heterocycles. The van der Waals surface area contributed by atoms with Gasteiger partial charge in [-0.2, -0.15) is 5.26 Å². The molecule has 0 saturated carbocycles. The molecule has 0 aliphatic heterocycles. The third-order valence-electron chi connectivity index (χ3n) is 5.67. The van der Waals surface area contributed by atoms with Crippen LogP contribution in [0, 0.1) is 11.3 Å². The summed E-state index contributed by atoms with van der Waals surface area (Å²) >= 11 is 0. The average molecular weight is 390 g/mol. The average Bonchev–Trinajstić information content (AvgIpc) is 3.12. The topological polar surface area (TPSA) is 37.9 Å². The molecule has 3 heteroatoms. The van der Waals surface area contributed by atoms with Crippen LogP contribution in [0.3, 0.4) is 0 Å². The second-order valence-electron chi connectivity index (χ2n) is 7.58. The predicted molar refractivity (Wildman–Crippen MR) is 123 cm³/mol. The van der Waals surface area contributed by atoms with Crippen LogP contribution < -0.4 is 4.74 Å². The van der Waals surface area contributed by atoms with Crippen LogP contribution in [0.5, 0.6) is 5.75 Å². The molecule has 0 fully saturated rings. The molecule has 0 unspecified atom stereocenters. The monoisotopic (exact) mass is 390 g/mol. The summed E-state index contributed by atoms with van der Waals surface area (Å²) in [7, 11) is 0. The Labute approximate surface area is 175 Å². The lowest BCUT2D eigenvalue weighted by molar-refractivity contribution is 0.304. The SMILES string of the molecule is N#Cc1ccc2cc(OCCCCn3c4ccccc4c4ccccc43)ccc2c1. The van der Waals surface area contributed by atoms with Crippen molar-refractivity contribution < 1.29 is 4.74 Å². The molecule has 0 saturated heterocycles. The lowest BCUT2D eigenvalue weighted by Crippen LogP contribution is -2.02. The van der Waals surface area contributed by atoms with Gasteiger partial charge in [0, 0.05) is 28.4 Å². The summed E-state index contributed by atoms with van der Waals surface area (Å²) in [4.78, 5) is 0. The van der Waals surface area contributed by atoms with E-state index in [1.165, 1.54) is 21.8 Å². The number of aromatic nitrogens is 1. The Balaban J connectivity index is 1.24.